The molecule has 1 fully saturated rings. The molecule has 3 nitrogen and oxygen atoms in total. The van der Waals surface area contributed by atoms with Gasteiger partial charge in [0.15, 0.2) is 11.5 Å². The van der Waals surface area contributed by atoms with Crippen LogP contribution in [0.25, 0.3) is 0 Å². The molecule has 0 aliphatic heterocycles. The van der Waals surface area contributed by atoms with Crippen molar-refractivity contribution in [3.05, 3.63) is 28.8 Å². The summed E-state index contributed by atoms with van der Waals surface area (Å²) in [7, 11) is 1.62. The van der Waals surface area contributed by atoms with Gasteiger partial charge in [-0.25, -0.2) is 0 Å². The van der Waals surface area contributed by atoms with E-state index >= 15 is 0 Å². The quantitative estimate of drug-likeness (QED) is 0.555. The second-order valence-corrected chi connectivity index (χ2v) is 8.90. The third-order valence-corrected chi connectivity index (χ3v) is 7.03. The number of benzene rings is 1. The Balaban J connectivity index is 2.06. The molecule has 0 saturated heterocycles. The van der Waals surface area contributed by atoms with Gasteiger partial charge in [0.2, 0.25) is 0 Å². The van der Waals surface area contributed by atoms with Crippen molar-refractivity contribution in [2.45, 2.75) is 66.2 Å². The van der Waals surface area contributed by atoms with Crippen molar-refractivity contribution in [3.8, 4) is 17.2 Å². The van der Waals surface area contributed by atoms with E-state index in [4.69, 9.17) is 4.74 Å². The fourth-order valence-corrected chi connectivity index (χ4v) is 5.69. The molecule has 0 spiro atoms. The molecule has 3 rings (SSSR count). The van der Waals surface area contributed by atoms with E-state index in [0.717, 1.165) is 6.42 Å². The van der Waals surface area contributed by atoms with Gasteiger partial charge in [0, 0.05) is 12.0 Å². The molecule has 2 aliphatic rings. The lowest BCUT2D eigenvalue weighted by Gasteiger charge is -2.55. The molecule has 0 radical (unpaired) electrons. The van der Waals surface area contributed by atoms with Crippen molar-refractivity contribution in [2.75, 3.05) is 7.11 Å². The van der Waals surface area contributed by atoms with Gasteiger partial charge in [-0.1, -0.05) is 38.3 Å². The Bertz CT molecular complexity index is 701. The van der Waals surface area contributed by atoms with Crippen LogP contribution in [0.3, 0.4) is 0 Å². The molecule has 0 amide bonds. The maximum Gasteiger partial charge on any atom is 0.164 e. The highest BCUT2D eigenvalue weighted by molar-refractivity contribution is 5.54. The number of allylic oxidation sites excluding steroid dienone is 2. The van der Waals surface area contributed by atoms with Crippen molar-refractivity contribution in [2.24, 2.45) is 16.7 Å². The van der Waals surface area contributed by atoms with Crippen LogP contribution in [-0.2, 0) is 6.42 Å². The zero-order valence-electron chi connectivity index (χ0n) is 16.3. The maximum atomic E-state index is 10.5. The number of methoxy groups -OCH3 is 1. The van der Waals surface area contributed by atoms with E-state index in [-0.39, 0.29) is 16.9 Å². The van der Waals surface area contributed by atoms with Crippen LogP contribution in [0.2, 0.25) is 0 Å². The Hall–Kier alpha value is -1.64. The second-order valence-electron chi connectivity index (χ2n) is 8.90. The number of hydrogen-bond acceptors (Lipinski definition) is 3. The third-order valence-electron chi connectivity index (χ3n) is 7.03. The monoisotopic (exact) mass is 344 g/mol. The first-order valence-electron chi connectivity index (χ1n) is 9.47. The molecular weight excluding hydrogens is 312 g/mol. The highest BCUT2D eigenvalue weighted by atomic mass is 16.5. The summed E-state index contributed by atoms with van der Waals surface area (Å²) < 4.78 is 5.47. The number of rotatable bonds is 3. The predicted octanol–water partition coefficient (Wildman–Crippen LogP) is 5.59. The van der Waals surface area contributed by atoms with Gasteiger partial charge >= 0.3 is 0 Å². The second kappa shape index (κ2) is 6.26. The van der Waals surface area contributed by atoms with E-state index in [1.54, 1.807) is 13.2 Å². The standard InChI is InChI=1S/C22H32O3/c1-14-7-10-19-21(2,3)11-6-12-22(19,4)16(14)13-15-18(25-5)9-8-17(23)20(15)24/h8-9,19,23-24H,6-7,10-13H2,1-5H3/t19-,22+/m0/s1. The summed E-state index contributed by atoms with van der Waals surface area (Å²) in [5.41, 5.74) is 4.11. The molecule has 2 aliphatic carbocycles. The summed E-state index contributed by atoms with van der Waals surface area (Å²) >= 11 is 0. The summed E-state index contributed by atoms with van der Waals surface area (Å²) in [5.74, 6) is 1.20. The van der Waals surface area contributed by atoms with E-state index in [2.05, 4.69) is 27.7 Å². The summed E-state index contributed by atoms with van der Waals surface area (Å²) in [6, 6.07) is 3.24. The molecule has 2 atom stereocenters. The lowest BCUT2D eigenvalue weighted by atomic mass is 9.50. The number of aromatic hydroxyl groups is 2. The zero-order chi connectivity index (χ0) is 18.4. The van der Waals surface area contributed by atoms with Gasteiger partial charge in [-0.3, -0.25) is 0 Å². The molecule has 3 heteroatoms. The number of phenolic OH excluding ortho intramolecular Hbond substituents is 2. The van der Waals surface area contributed by atoms with Gasteiger partial charge < -0.3 is 14.9 Å². The van der Waals surface area contributed by atoms with Crippen LogP contribution in [0.15, 0.2) is 23.3 Å². The van der Waals surface area contributed by atoms with Gasteiger partial charge in [0.1, 0.15) is 5.75 Å². The van der Waals surface area contributed by atoms with Gasteiger partial charge in [-0.15, -0.1) is 0 Å². The SMILES string of the molecule is COc1ccc(O)c(O)c1CC1=C(C)CC[C@H]2C(C)(C)CCC[C@]12C. The van der Waals surface area contributed by atoms with Crippen molar-refractivity contribution in [1.82, 2.24) is 0 Å². The highest BCUT2D eigenvalue weighted by Crippen LogP contribution is 2.60. The zero-order valence-corrected chi connectivity index (χ0v) is 16.3. The minimum Gasteiger partial charge on any atom is -0.504 e. The Morgan fingerprint density at radius 1 is 1.16 bits per heavy atom. The minimum atomic E-state index is -0.0736. The lowest BCUT2D eigenvalue weighted by molar-refractivity contribution is 0.0111. The van der Waals surface area contributed by atoms with E-state index in [1.807, 2.05) is 0 Å². The molecule has 0 aromatic heterocycles. The predicted molar refractivity (Wildman–Crippen MR) is 101 cm³/mol. The highest BCUT2D eigenvalue weighted by Gasteiger charge is 2.50. The average Bonchev–Trinajstić information content (AvgIpc) is 2.54. The van der Waals surface area contributed by atoms with Gasteiger partial charge in [-0.05, 0) is 61.5 Å². The van der Waals surface area contributed by atoms with E-state index < -0.39 is 0 Å². The summed E-state index contributed by atoms with van der Waals surface area (Å²) in [6.07, 6.45) is 6.77. The van der Waals surface area contributed by atoms with E-state index in [9.17, 15) is 10.2 Å². The molecule has 1 aromatic carbocycles. The molecule has 25 heavy (non-hydrogen) atoms. The fourth-order valence-electron chi connectivity index (χ4n) is 5.69. The number of phenols is 2. The van der Waals surface area contributed by atoms with Crippen LogP contribution >= 0.6 is 0 Å². The third kappa shape index (κ3) is 2.92. The normalized spacial score (nSPS) is 28.6. The largest absolute Gasteiger partial charge is 0.504 e. The Morgan fingerprint density at radius 2 is 1.88 bits per heavy atom. The fraction of sp³-hybridized carbons (Fsp3) is 0.636. The molecule has 1 saturated carbocycles. The Labute approximate surface area is 151 Å². The molecular formula is C22H32O3. The van der Waals surface area contributed by atoms with Crippen molar-refractivity contribution in [1.29, 1.82) is 0 Å². The molecule has 0 bridgehead atoms. The first-order chi connectivity index (χ1) is 11.7. The molecule has 1 aromatic rings. The molecule has 138 valence electrons. The topological polar surface area (TPSA) is 49.7 Å². The maximum absolute atomic E-state index is 10.5. The van der Waals surface area contributed by atoms with Crippen LogP contribution in [0.5, 0.6) is 17.2 Å². The van der Waals surface area contributed by atoms with Crippen molar-refractivity contribution < 1.29 is 14.9 Å². The van der Waals surface area contributed by atoms with Crippen LogP contribution in [0, 0.1) is 16.7 Å². The number of fused-ring (bicyclic) bond motifs is 1. The molecule has 0 unspecified atom stereocenters. The summed E-state index contributed by atoms with van der Waals surface area (Å²) in [4.78, 5) is 0. The Morgan fingerprint density at radius 3 is 2.56 bits per heavy atom. The number of ether oxygens (including phenoxy) is 1. The molecule has 0 heterocycles. The first-order valence-corrected chi connectivity index (χ1v) is 9.47. The Kier molecular flexibility index (Phi) is 4.55. The first kappa shape index (κ1) is 18.2. The van der Waals surface area contributed by atoms with E-state index in [0.29, 0.717) is 29.1 Å². The average molecular weight is 344 g/mol. The van der Waals surface area contributed by atoms with Crippen LogP contribution < -0.4 is 4.74 Å². The summed E-state index contributed by atoms with van der Waals surface area (Å²) in [5, 5.41) is 20.4. The van der Waals surface area contributed by atoms with Crippen LogP contribution in [0.4, 0.5) is 0 Å². The van der Waals surface area contributed by atoms with Gasteiger partial charge in [0.05, 0.1) is 7.11 Å². The van der Waals surface area contributed by atoms with Crippen molar-refractivity contribution in [3.63, 3.8) is 0 Å². The minimum absolute atomic E-state index is 0.0413. The van der Waals surface area contributed by atoms with Crippen molar-refractivity contribution >= 4 is 0 Å². The van der Waals surface area contributed by atoms with E-state index in [1.165, 1.54) is 42.9 Å². The molecule has 2 N–H and O–H groups in total. The van der Waals surface area contributed by atoms with Gasteiger partial charge in [0.25, 0.3) is 0 Å². The summed E-state index contributed by atoms with van der Waals surface area (Å²) in [6.45, 7) is 9.49. The lowest BCUT2D eigenvalue weighted by Crippen LogP contribution is -2.45. The van der Waals surface area contributed by atoms with Gasteiger partial charge in [-0.2, -0.15) is 0 Å². The number of hydrogen-bond donors (Lipinski definition) is 2. The van der Waals surface area contributed by atoms with Crippen LogP contribution in [-0.4, -0.2) is 17.3 Å². The smallest absolute Gasteiger partial charge is 0.164 e. The van der Waals surface area contributed by atoms with Crippen LogP contribution in [0.1, 0.15) is 65.4 Å².